The average molecular weight is 330 g/mol. The summed E-state index contributed by atoms with van der Waals surface area (Å²) in [6, 6.07) is 18.0. The van der Waals surface area contributed by atoms with Crippen LogP contribution in [0.5, 0.6) is 0 Å². The first-order chi connectivity index (χ1) is 11.0. The Morgan fingerprint density at radius 3 is 2.39 bits per heavy atom. The Bertz CT molecular complexity index is 742. The maximum atomic E-state index is 11.3. The molecule has 1 atom stereocenters. The Kier molecular flexibility index (Phi) is 4.80. The maximum absolute atomic E-state index is 11.3. The third kappa shape index (κ3) is 3.99. The van der Waals surface area contributed by atoms with Gasteiger partial charge in [0.2, 0.25) is 10.0 Å². The predicted molar refractivity (Wildman–Crippen MR) is 91.5 cm³/mol. The van der Waals surface area contributed by atoms with E-state index in [0.717, 1.165) is 25.1 Å². The molecule has 1 fully saturated rings. The molecule has 23 heavy (non-hydrogen) atoms. The molecule has 4 nitrogen and oxygen atoms in total. The first-order valence-corrected chi connectivity index (χ1v) is 9.49. The maximum Gasteiger partial charge on any atom is 0.238 e. The summed E-state index contributed by atoms with van der Waals surface area (Å²) >= 11 is 0. The van der Waals surface area contributed by atoms with Gasteiger partial charge in [-0.2, -0.15) is 0 Å². The molecule has 0 unspecified atom stereocenters. The molecule has 0 radical (unpaired) electrons. The fourth-order valence-corrected chi connectivity index (χ4v) is 3.78. The molecule has 0 bridgehead atoms. The second-order valence-electron chi connectivity index (χ2n) is 6.04. The number of benzene rings is 2. The fourth-order valence-electron chi connectivity index (χ4n) is 3.26. The summed E-state index contributed by atoms with van der Waals surface area (Å²) in [7, 11) is -3.61. The molecular formula is C18H22N2O2S. The van der Waals surface area contributed by atoms with Gasteiger partial charge in [-0.15, -0.1) is 0 Å². The van der Waals surface area contributed by atoms with Crippen LogP contribution in [0.15, 0.2) is 59.5 Å². The van der Waals surface area contributed by atoms with Crippen LogP contribution < -0.4 is 5.14 Å². The van der Waals surface area contributed by atoms with E-state index < -0.39 is 10.0 Å². The van der Waals surface area contributed by atoms with Crippen LogP contribution in [0.25, 0.3) is 0 Å². The van der Waals surface area contributed by atoms with Crippen LogP contribution in [0.3, 0.4) is 0 Å². The lowest BCUT2D eigenvalue weighted by Gasteiger charge is -2.24. The third-order valence-corrected chi connectivity index (χ3v) is 5.42. The predicted octanol–water partition coefficient (Wildman–Crippen LogP) is 2.71. The van der Waals surface area contributed by atoms with Gasteiger partial charge in [0.1, 0.15) is 0 Å². The number of hydrogen-bond donors (Lipinski definition) is 1. The normalized spacial score (nSPS) is 19.1. The van der Waals surface area contributed by atoms with Crippen LogP contribution in [-0.4, -0.2) is 26.4 Å². The topological polar surface area (TPSA) is 63.4 Å². The fraction of sp³-hybridized carbons (Fsp3) is 0.333. The summed E-state index contributed by atoms with van der Waals surface area (Å²) in [5.74, 6) is 0. The van der Waals surface area contributed by atoms with Gasteiger partial charge >= 0.3 is 0 Å². The molecule has 3 rings (SSSR count). The summed E-state index contributed by atoms with van der Waals surface area (Å²) < 4.78 is 22.6. The van der Waals surface area contributed by atoms with Crippen LogP contribution >= 0.6 is 0 Å². The van der Waals surface area contributed by atoms with Crippen LogP contribution in [0.4, 0.5) is 0 Å². The number of sulfonamides is 1. The van der Waals surface area contributed by atoms with E-state index in [1.165, 1.54) is 18.4 Å². The minimum Gasteiger partial charge on any atom is -0.296 e. The minimum atomic E-state index is -3.61. The van der Waals surface area contributed by atoms with Crippen molar-refractivity contribution in [3.05, 3.63) is 65.7 Å². The third-order valence-electron chi connectivity index (χ3n) is 4.49. The van der Waals surface area contributed by atoms with Crippen LogP contribution in [0, 0.1) is 0 Å². The highest BCUT2D eigenvalue weighted by Crippen LogP contribution is 2.31. The second-order valence-corrected chi connectivity index (χ2v) is 7.61. The molecular weight excluding hydrogens is 308 g/mol. The lowest BCUT2D eigenvalue weighted by Crippen LogP contribution is -2.25. The Morgan fingerprint density at radius 2 is 1.74 bits per heavy atom. The highest BCUT2D eigenvalue weighted by molar-refractivity contribution is 7.89. The van der Waals surface area contributed by atoms with E-state index >= 15 is 0 Å². The first-order valence-electron chi connectivity index (χ1n) is 7.95. The van der Waals surface area contributed by atoms with Crippen molar-refractivity contribution >= 4 is 10.0 Å². The van der Waals surface area contributed by atoms with Crippen molar-refractivity contribution < 1.29 is 8.42 Å². The van der Waals surface area contributed by atoms with Gasteiger partial charge in [0.25, 0.3) is 0 Å². The molecule has 1 heterocycles. The molecule has 0 aromatic heterocycles. The molecule has 122 valence electrons. The van der Waals surface area contributed by atoms with Gasteiger partial charge in [-0.05, 0) is 49.1 Å². The van der Waals surface area contributed by atoms with Crippen molar-refractivity contribution in [2.75, 3.05) is 13.1 Å². The lowest BCUT2D eigenvalue weighted by atomic mass is 10.0. The lowest BCUT2D eigenvalue weighted by molar-refractivity contribution is 0.260. The van der Waals surface area contributed by atoms with Gasteiger partial charge in [0.15, 0.2) is 0 Å². The van der Waals surface area contributed by atoms with Gasteiger partial charge in [0, 0.05) is 12.6 Å². The quantitative estimate of drug-likeness (QED) is 0.917. The molecule has 2 N–H and O–H groups in total. The number of nitrogens with two attached hydrogens (primary N) is 1. The van der Waals surface area contributed by atoms with Crippen molar-refractivity contribution in [2.24, 2.45) is 5.14 Å². The number of nitrogens with zero attached hydrogens (tertiary/aromatic N) is 1. The standard InChI is InChI=1S/C18H22N2O2S/c19-23(21,22)17-10-8-15(9-11-17)12-14-20-13-4-7-18(20)16-5-2-1-3-6-16/h1-3,5-6,8-11,18H,4,7,12-14H2,(H2,19,21,22)/t18-/m0/s1. The first kappa shape index (κ1) is 16.2. The summed E-state index contributed by atoms with van der Waals surface area (Å²) in [6.45, 7) is 2.10. The van der Waals surface area contributed by atoms with Gasteiger partial charge in [0.05, 0.1) is 4.90 Å². The number of rotatable bonds is 5. The molecule has 1 aliphatic heterocycles. The smallest absolute Gasteiger partial charge is 0.238 e. The molecule has 0 saturated carbocycles. The van der Waals surface area contributed by atoms with Crippen molar-refractivity contribution in [1.29, 1.82) is 0 Å². The van der Waals surface area contributed by atoms with Crippen molar-refractivity contribution in [1.82, 2.24) is 4.90 Å². The summed E-state index contributed by atoms with van der Waals surface area (Å²) in [5, 5.41) is 5.13. The van der Waals surface area contributed by atoms with Gasteiger partial charge < -0.3 is 0 Å². The summed E-state index contributed by atoms with van der Waals surface area (Å²) in [6.07, 6.45) is 3.34. The van der Waals surface area contributed by atoms with Crippen LogP contribution in [0.1, 0.15) is 30.0 Å². The van der Waals surface area contributed by atoms with E-state index in [4.69, 9.17) is 5.14 Å². The zero-order valence-corrected chi connectivity index (χ0v) is 13.9. The average Bonchev–Trinajstić information content (AvgIpc) is 3.02. The van der Waals surface area contributed by atoms with Crippen molar-refractivity contribution in [2.45, 2.75) is 30.2 Å². The Labute approximate surface area is 138 Å². The van der Waals surface area contributed by atoms with Crippen LogP contribution in [0.2, 0.25) is 0 Å². The summed E-state index contributed by atoms with van der Waals surface area (Å²) in [5.41, 5.74) is 2.52. The molecule has 5 heteroatoms. The zero-order chi connectivity index (χ0) is 16.3. The SMILES string of the molecule is NS(=O)(=O)c1ccc(CCN2CCC[C@H]2c2ccccc2)cc1. The minimum absolute atomic E-state index is 0.171. The van der Waals surface area contributed by atoms with Crippen molar-refractivity contribution in [3.63, 3.8) is 0 Å². The number of primary sulfonamides is 1. The largest absolute Gasteiger partial charge is 0.296 e. The highest BCUT2D eigenvalue weighted by Gasteiger charge is 2.25. The van der Waals surface area contributed by atoms with E-state index in [1.807, 2.05) is 12.1 Å². The van der Waals surface area contributed by atoms with E-state index in [-0.39, 0.29) is 4.90 Å². The van der Waals surface area contributed by atoms with Crippen LogP contribution in [-0.2, 0) is 16.4 Å². The van der Waals surface area contributed by atoms with Gasteiger partial charge in [-0.25, -0.2) is 13.6 Å². The monoisotopic (exact) mass is 330 g/mol. The molecule has 0 aliphatic carbocycles. The molecule has 0 spiro atoms. The van der Waals surface area contributed by atoms with Gasteiger partial charge in [-0.3, -0.25) is 4.90 Å². The van der Waals surface area contributed by atoms with Gasteiger partial charge in [-0.1, -0.05) is 42.5 Å². The van der Waals surface area contributed by atoms with E-state index in [1.54, 1.807) is 12.1 Å². The number of likely N-dealkylation sites (tertiary alicyclic amines) is 1. The molecule has 2 aromatic rings. The zero-order valence-electron chi connectivity index (χ0n) is 13.1. The Hall–Kier alpha value is -1.69. The molecule has 0 amide bonds. The molecule has 1 saturated heterocycles. The van der Waals surface area contributed by atoms with E-state index in [0.29, 0.717) is 6.04 Å². The Morgan fingerprint density at radius 1 is 1.04 bits per heavy atom. The second kappa shape index (κ2) is 6.83. The highest BCUT2D eigenvalue weighted by atomic mass is 32.2. The van der Waals surface area contributed by atoms with Crippen molar-refractivity contribution in [3.8, 4) is 0 Å². The summed E-state index contributed by atoms with van der Waals surface area (Å²) in [4.78, 5) is 2.69. The Balaban J connectivity index is 1.63. The van der Waals surface area contributed by atoms with E-state index in [9.17, 15) is 8.42 Å². The number of hydrogen-bond acceptors (Lipinski definition) is 3. The molecule has 1 aliphatic rings. The molecule has 2 aromatic carbocycles. The van der Waals surface area contributed by atoms with E-state index in [2.05, 4.69) is 35.2 Å².